The van der Waals surface area contributed by atoms with Crippen LogP contribution in [0.1, 0.15) is 5.69 Å². The third kappa shape index (κ3) is 2.83. The first-order valence-corrected chi connectivity index (χ1v) is 5.45. The van der Waals surface area contributed by atoms with Crippen LogP contribution < -0.4 is 0 Å². The van der Waals surface area contributed by atoms with Crippen molar-refractivity contribution in [1.82, 2.24) is 5.16 Å². The molecule has 1 heterocycles. The molecule has 0 amide bonds. The van der Waals surface area contributed by atoms with Crippen LogP contribution in [0, 0.1) is 0 Å². The second-order valence-corrected chi connectivity index (χ2v) is 4.30. The minimum atomic E-state index is -4.06. The summed E-state index contributed by atoms with van der Waals surface area (Å²) in [5.74, 6) is -0.524. The first kappa shape index (κ1) is 12.3. The number of benzene rings is 1. The summed E-state index contributed by atoms with van der Waals surface area (Å²) in [7, 11) is -4.06. The van der Waals surface area contributed by atoms with E-state index < -0.39 is 15.9 Å². The van der Waals surface area contributed by atoms with Crippen molar-refractivity contribution in [2.24, 2.45) is 0 Å². The van der Waals surface area contributed by atoms with Gasteiger partial charge in [-0.15, -0.1) is 0 Å². The van der Waals surface area contributed by atoms with E-state index in [0.717, 1.165) is 0 Å². The monoisotopic (exact) mass is 221 g/mol. The number of aromatic nitrogens is 1. The predicted molar refractivity (Wildman–Crippen MR) is 56.4 cm³/mol. The molecule has 7 heteroatoms. The SMILES string of the molecule is O=S(=O)(O)Cc1noc2ccccc12.[LiH]. The maximum absolute atomic E-state index is 10.6. The molecule has 0 radical (unpaired) electrons. The summed E-state index contributed by atoms with van der Waals surface area (Å²) in [5, 5.41) is 4.17. The van der Waals surface area contributed by atoms with Gasteiger partial charge in [-0.05, 0) is 12.1 Å². The molecule has 0 atom stereocenters. The molecule has 0 saturated carbocycles. The molecular weight excluding hydrogens is 213 g/mol. The molecule has 1 N–H and O–H groups in total. The normalized spacial score (nSPS) is 11.3. The standard InChI is InChI=1S/C8H7NO4S.Li.H/c10-14(11,12)5-7-6-3-1-2-4-8(6)13-9-7;;/h1-4H,5H2,(H,10,11,12);;. The molecule has 15 heavy (non-hydrogen) atoms. The van der Waals surface area contributed by atoms with Crippen LogP contribution in [0.5, 0.6) is 0 Å². The molecule has 5 nitrogen and oxygen atoms in total. The first-order valence-electron chi connectivity index (χ1n) is 3.85. The second-order valence-electron chi connectivity index (χ2n) is 2.85. The fourth-order valence-corrected chi connectivity index (χ4v) is 1.77. The number of fused-ring (bicyclic) bond motifs is 1. The summed E-state index contributed by atoms with van der Waals surface area (Å²) in [6.45, 7) is 0. The van der Waals surface area contributed by atoms with Crippen molar-refractivity contribution in [3.8, 4) is 0 Å². The van der Waals surface area contributed by atoms with Gasteiger partial charge in [0.2, 0.25) is 0 Å². The molecule has 0 spiro atoms. The molecule has 0 saturated heterocycles. The van der Waals surface area contributed by atoms with Crippen LogP contribution in [0.25, 0.3) is 11.0 Å². The molecule has 0 aliphatic carbocycles. The Labute approximate surface area is 98.4 Å². The Morgan fingerprint density at radius 1 is 1.33 bits per heavy atom. The Balaban J connectivity index is 0.00000112. The van der Waals surface area contributed by atoms with Gasteiger partial charge in [0, 0.05) is 5.39 Å². The van der Waals surface area contributed by atoms with Crippen molar-refractivity contribution < 1.29 is 17.5 Å². The zero-order valence-electron chi connectivity index (χ0n) is 7.04. The van der Waals surface area contributed by atoms with Gasteiger partial charge in [-0.25, -0.2) is 0 Å². The number of para-hydroxylation sites is 1. The van der Waals surface area contributed by atoms with Crippen LogP contribution in [-0.2, 0) is 15.9 Å². The fraction of sp³-hybridized carbons (Fsp3) is 0.125. The Morgan fingerprint density at radius 2 is 2.00 bits per heavy atom. The van der Waals surface area contributed by atoms with Crippen molar-refractivity contribution in [3.05, 3.63) is 30.0 Å². The van der Waals surface area contributed by atoms with E-state index in [2.05, 4.69) is 5.16 Å². The molecular formula is C8H8LiNO4S. The van der Waals surface area contributed by atoms with Gasteiger partial charge in [-0.1, -0.05) is 17.3 Å². The van der Waals surface area contributed by atoms with Gasteiger partial charge in [-0.3, -0.25) is 4.55 Å². The summed E-state index contributed by atoms with van der Waals surface area (Å²) in [4.78, 5) is 0. The van der Waals surface area contributed by atoms with Crippen LogP contribution in [0.15, 0.2) is 28.8 Å². The summed E-state index contributed by atoms with van der Waals surface area (Å²) in [6.07, 6.45) is 0. The molecule has 2 aromatic rings. The molecule has 0 bridgehead atoms. The van der Waals surface area contributed by atoms with Crippen LogP contribution in [0.3, 0.4) is 0 Å². The van der Waals surface area contributed by atoms with Gasteiger partial charge in [-0.2, -0.15) is 8.42 Å². The van der Waals surface area contributed by atoms with E-state index in [1.165, 1.54) is 0 Å². The molecule has 0 aliphatic rings. The van der Waals surface area contributed by atoms with Gasteiger partial charge in [0.25, 0.3) is 10.1 Å². The van der Waals surface area contributed by atoms with E-state index in [1.807, 2.05) is 0 Å². The van der Waals surface area contributed by atoms with E-state index in [1.54, 1.807) is 24.3 Å². The van der Waals surface area contributed by atoms with Crippen LogP contribution >= 0.6 is 0 Å². The van der Waals surface area contributed by atoms with Crippen molar-refractivity contribution in [2.75, 3.05) is 0 Å². The van der Waals surface area contributed by atoms with Gasteiger partial charge < -0.3 is 4.52 Å². The molecule has 0 fully saturated rings. The van der Waals surface area contributed by atoms with Crippen LogP contribution in [-0.4, -0.2) is 37.0 Å². The zero-order chi connectivity index (χ0) is 10.2. The number of hydrogen-bond acceptors (Lipinski definition) is 4. The van der Waals surface area contributed by atoms with E-state index >= 15 is 0 Å². The minimum absolute atomic E-state index is 0. The maximum atomic E-state index is 10.6. The van der Waals surface area contributed by atoms with E-state index in [0.29, 0.717) is 11.0 Å². The first-order chi connectivity index (χ1) is 6.56. The average molecular weight is 221 g/mol. The third-order valence-corrected chi connectivity index (χ3v) is 2.41. The van der Waals surface area contributed by atoms with Gasteiger partial charge in [0.05, 0.1) is 0 Å². The van der Waals surface area contributed by atoms with Gasteiger partial charge in [0.1, 0.15) is 11.4 Å². The molecule has 1 aromatic heterocycles. The molecule has 0 aliphatic heterocycles. The van der Waals surface area contributed by atoms with Gasteiger partial charge in [0.15, 0.2) is 5.58 Å². The van der Waals surface area contributed by atoms with Crippen molar-refractivity contribution >= 4 is 39.9 Å². The Morgan fingerprint density at radius 3 is 2.67 bits per heavy atom. The fourth-order valence-electron chi connectivity index (χ4n) is 1.21. The molecule has 1 aromatic carbocycles. The Bertz CT molecular complexity index is 563. The van der Waals surface area contributed by atoms with Crippen molar-refractivity contribution in [2.45, 2.75) is 5.75 Å². The van der Waals surface area contributed by atoms with Crippen molar-refractivity contribution in [1.29, 1.82) is 0 Å². The summed E-state index contributed by atoms with van der Waals surface area (Å²) >= 11 is 0. The number of rotatable bonds is 2. The van der Waals surface area contributed by atoms with Crippen LogP contribution in [0.2, 0.25) is 0 Å². The molecule has 2 rings (SSSR count). The predicted octanol–water partition coefficient (Wildman–Crippen LogP) is 0.567. The van der Waals surface area contributed by atoms with Crippen LogP contribution in [0.4, 0.5) is 0 Å². The average Bonchev–Trinajstić information content (AvgIpc) is 2.47. The quantitative estimate of drug-likeness (QED) is 0.592. The number of hydrogen-bond donors (Lipinski definition) is 1. The van der Waals surface area contributed by atoms with Gasteiger partial charge >= 0.3 is 18.9 Å². The van der Waals surface area contributed by atoms with Crippen molar-refractivity contribution in [3.63, 3.8) is 0 Å². The topological polar surface area (TPSA) is 80.4 Å². The summed E-state index contributed by atoms with van der Waals surface area (Å²) in [5.41, 5.74) is 0.731. The Hall–Kier alpha value is -0.803. The third-order valence-electron chi connectivity index (χ3n) is 1.77. The Kier molecular flexibility index (Phi) is 3.57. The molecule has 76 valence electrons. The summed E-state index contributed by atoms with van der Waals surface area (Å²) in [6, 6.07) is 6.86. The van der Waals surface area contributed by atoms with E-state index in [9.17, 15) is 8.42 Å². The van der Waals surface area contributed by atoms with E-state index in [4.69, 9.17) is 9.08 Å². The molecule has 0 unspecified atom stereocenters. The van der Waals surface area contributed by atoms with E-state index in [-0.39, 0.29) is 24.6 Å². The number of nitrogens with zero attached hydrogens (tertiary/aromatic N) is 1. The second kappa shape index (κ2) is 4.37. The zero-order valence-corrected chi connectivity index (χ0v) is 7.86. The summed E-state index contributed by atoms with van der Waals surface area (Å²) < 4.78 is 34.7.